The first-order chi connectivity index (χ1) is 8.97. The average Bonchev–Trinajstić information content (AvgIpc) is 2.77. The molecule has 100 valence electrons. The van der Waals surface area contributed by atoms with Gasteiger partial charge in [0.15, 0.2) is 5.13 Å². The summed E-state index contributed by atoms with van der Waals surface area (Å²) in [5.74, 6) is 0.369. The SMILES string of the molecule is CC(C)c1csc(Nc2ccc([N+](=O)[O-])c(N)c2)n1. The molecule has 1 aromatic heterocycles. The maximum Gasteiger partial charge on any atom is 0.292 e. The van der Waals surface area contributed by atoms with Gasteiger partial charge in [-0.3, -0.25) is 10.1 Å². The summed E-state index contributed by atoms with van der Waals surface area (Å²) in [4.78, 5) is 14.6. The van der Waals surface area contributed by atoms with E-state index in [0.29, 0.717) is 11.6 Å². The molecule has 1 aromatic carbocycles. The number of aromatic nitrogens is 1. The second-order valence-electron chi connectivity index (χ2n) is 4.39. The average molecular weight is 278 g/mol. The van der Waals surface area contributed by atoms with Crippen LogP contribution in [-0.2, 0) is 0 Å². The predicted molar refractivity (Wildman–Crippen MR) is 77.0 cm³/mol. The van der Waals surface area contributed by atoms with Gasteiger partial charge in [0.05, 0.1) is 10.6 Å². The molecule has 0 atom stereocenters. The summed E-state index contributed by atoms with van der Waals surface area (Å²) in [6.45, 7) is 4.14. The van der Waals surface area contributed by atoms with Gasteiger partial charge in [-0.15, -0.1) is 11.3 Å². The number of rotatable bonds is 4. The maximum absolute atomic E-state index is 10.7. The Morgan fingerprint density at radius 2 is 2.21 bits per heavy atom. The lowest BCUT2D eigenvalue weighted by atomic mass is 10.2. The molecule has 3 N–H and O–H groups in total. The van der Waals surface area contributed by atoms with Crippen LogP contribution in [0.1, 0.15) is 25.5 Å². The van der Waals surface area contributed by atoms with E-state index in [9.17, 15) is 10.1 Å². The molecule has 0 amide bonds. The number of nitrogens with one attached hydrogen (secondary N) is 1. The van der Waals surface area contributed by atoms with Crippen molar-refractivity contribution in [2.45, 2.75) is 19.8 Å². The summed E-state index contributed by atoms with van der Waals surface area (Å²) < 4.78 is 0. The fourth-order valence-electron chi connectivity index (χ4n) is 1.53. The van der Waals surface area contributed by atoms with Gasteiger partial charge in [0.2, 0.25) is 0 Å². The first-order valence-corrected chi connectivity index (χ1v) is 6.61. The van der Waals surface area contributed by atoms with Gasteiger partial charge in [-0.1, -0.05) is 13.8 Å². The van der Waals surface area contributed by atoms with Crippen LogP contribution in [0.25, 0.3) is 0 Å². The number of nitro benzene ring substituents is 1. The number of benzene rings is 1. The third kappa shape index (κ3) is 3.00. The summed E-state index contributed by atoms with van der Waals surface area (Å²) in [7, 11) is 0. The van der Waals surface area contributed by atoms with Crippen LogP contribution >= 0.6 is 11.3 Å². The first kappa shape index (κ1) is 13.3. The molecule has 0 bridgehead atoms. The molecule has 1 heterocycles. The Morgan fingerprint density at radius 1 is 1.47 bits per heavy atom. The minimum Gasteiger partial charge on any atom is -0.393 e. The molecule has 0 spiro atoms. The van der Waals surface area contributed by atoms with Crippen molar-refractivity contribution < 1.29 is 4.92 Å². The lowest BCUT2D eigenvalue weighted by molar-refractivity contribution is -0.383. The molecule has 0 saturated carbocycles. The Balaban J connectivity index is 2.19. The van der Waals surface area contributed by atoms with Gasteiger partial charge in [0, 0.05) is 17.1 Å². The molecule has 0 aliphatic rings. The molecule has 2 rings (SSSR count). The van der Waals surface area contributed by atoms with Crippen LogP contribution in [-0.4, -0.2) is 9.91 Å². The summed E-state index contributed by atoms with van der Waals surface area (Å²) in [6, 6.07) is 4.54. The van der Waals surface area contributed by atoms with Crippen molar-refractivity contribution >= 4 is 33.5 Å². The van der Waals surface area contributed by atoms with Gasteiger partial charge < -0.3 is 11.1 Å². The number of hydrogen-bond donors (Lipinski definition) is 2. The molecule has 6 nitrogen and oxygen atoms in total. The molecule has 2 aromatic rings. The van der Waals surface area contributed by atoms with Gasteiger partial charge in [-0.05, 0) is 18.1 Å². The van der Waals surface area contributed by atoms with Gasteiger partial charge in [0.1, 0.15) is 5.69 Å². The molecule has 0 radical (unpaired) electrons. The molecule has 0 fully saturated rings. The van der Waals surface area contributed by atoms with Crippen molar-refractivity contribution in [1.29, 1.82) is 0 Å². The van der Waals surface area contributed by atoms with Gasteiger partial charge in [-0.25, -0.2) is 4.98 Å². The highest BCUT2D eigenvalue weighted by Crippen LogP contribution is 2.28. The monoisotopic (exact) mass is 278 g/mol. The smallest absolute Gasteiger partial charge is 0.292 e. The number of anilines is 3. The van der Waals surface area contributed by atoms with Crippen molar-refractivity contribution in [2.24, 2.45) is 0 Å². The minimum atomic E-state index is -0.501. The highest BCUT2D eigenvalue weighted by atomic mass is 32.1. The standard InChI is InChI=1S/C12H14N4O2S/c1-7(2)10-6-19-12(15-10)14-8-3-4-11(16(17)18)9(13)5-8/h3-7H,13H2,1-2H3,(H,14,15). The highest BCUT2D eigenvalue weighted by molar-refractivity contribution is 7.13. The Kier molecular flexibility index (Phi) is 3.66. The molecule has 0 aliphatic heterocycles. The van der Waals surface area contributed by atoms with E-state index < -0.39 is 4.92 Å². The topological polar surface area (TPSA) is 94.1 Å². The van der Waals surface area contributed by atoms with Crippen LogP contribution in [0, 0.1) is 10.1 Å². The summed E-state index contributed by atoms with van der Waals surface area (Å²) in [5.41, 5.74) is 7.38. The van der Waals surface area contributed by atoms with E-state index in [2.05, 4.69) is 24.1 Å². The third-order valence-corrected chi connectivity index (χ3v) is 3.36. The number of thiazole rings is 1. The lowest BCUT2D eigenvalue weighted by Crippen LogP contribution is -1.97. The van der Waals surface area contributed by atoms with Gasteiger partial charge in [-0.2, -0.15) is 0 Å². The Hall–Kier alpha value is -2.15. The second-order valence-corrected chi connectivity index (χ2v) is 5.25. The van der Waals surface area contributed by atoms with E-state index in [4.69, 9.17) is 5.73 Å². The number of nitrogen functional groups attached to an aromatic ring is 1. The Bertz CT molecular complexity index is 610. The van der Waals surface area contributed by atoms with E-state index in [1.807, 2.05) is 5.38 Å². The lowest BCUT2D eigenvalue weighted by Gasteiger charge is -2.04. The molecule has 19 heavy (non-hydrogen) atoms. The quantitative estimate of drug-likeness (QED) is 0.507. The fraction of sp³-hybridized carbons (Fsp3) is 0.250. The molecule has 0 saturated heterocycles. The van der Waals surface area contributed by atoms with E-state index >= 15 is 0 Å². The number of hydrogen-bond acceptors (Lipinski definition) is 6. The molecular formula is C12H14N4O2S. The fourth-order valence-corrected chi connectivity index (χ4v) is 2.42. The number of nitrogens with two attached hydrogens (primary N) is 1. The Labute approximate surface area is 114 Å². The number of nitro groups is 1. The van der Waals surface area contributed by atoms with E-state index in [0.717, 1.165) is 10.8 Å². The van der Waals surface area contributed by atoms with Crippen LogP contribution < -0.4 is 11.1 Å². The van der Waals surface area contributed by atoms with Crippen LogP contribution in [0.3, 0.4) is 0 Å². The highest BCUT2D eigenvalue weighted by Gasteiger charge is 2.12. The molecule has 0 aliphatic carbocycles. The van der Waals surface area contributed by atoms with Crippen molar-refractivity contribution in [3.63, 3.8) is 0 Å². The zero-order valence-corrected chi connectivity index (χ0v) is 11.4. The predicted octanol–water partition coefficient (Wildman–Crippen LogP) is 3.50. The van der Waals surface area contributed by atoms with Crippen LogP contribution in [0.15, 0.2) is 23.6 Å². The van der Waals surface area contributed by atoms with Crippen LogP contribution in [0.4, 0.5) is 22.2 Å². The summed E-state index contributed by atoms with van der Waals surface area (Å²) in [6.07, 6.45) is 0. The summed E-state index contributed by atoms with van der Waals surface area (Å²) in [5, 5.41) is 16.5. The van der Waals surface area contributed by atoms with Crippen molar-refractivity contribution in [1.82, 2.24) is 4.98 Å². The zero-order chi connectivity index (χ0) is 14.0. The van der Waals surface area contributed by atoms with Crippen LogP contribution in [0.5, 0.6) is 0 Å². The normalized spacial score (nSPS) is 10.7. The largest absolute Gasteiger partial charge is 0.393 e. The van der Waals surface area contributed by atoms with E-state index in [1.165, 1.54) is 23.5 Å². The second kappa shape index (κ2) is 5.23. The maximum atomic E-state index is 10.7. The molecule has 0 unspecified atom stereocenters. The zero-order valence-electron chi connectivity index (χ0n) is 10.6. The van der Waals surface area contributed by atoms with Gasteiger partial charge >= 0.3 is 0 Å². The van der Waals surface area contributed by atoms with Crippen molar-refractivity contribution in [3.05, 3.63) is 39.4 Å². The molecule has 7 heteroatoms. The number of nitrogens with zero attached hydrogens (tertiary/aromatic N) is 2. The minimum absolute atomic E-state index is 0.0902. The van der Waals surface area contributed by atoms with Crippen LogP contribution in [0.2, 0.25) is 0 Å². The van der Waals surface area contributed by atoms with E-state index in [-0.39, 0.29) is 11.4 Å². The van der Waals surface area contributed by atoms with Gasteiger partial charge in [0.25, 0.3) is 5.69 Å². The van der Waals surface area contributed by atoms with Crippen molar-refractivity contribution in [3.8, 4) is 0 Å². The first-order valence-electron chi connectivity index (χ1n) is 5.73. The third-order valence-electron chi connectivity index (χ3n) is 2.59. The van der Waals surface area contributed by atoms with E-state index in [1.54, 1.807) is 6.07 Å². The Morgan fingerprint density at radius 3 is 2.74 bits per heavy atom. The summed E-state index contributed by atoms with van der Waals surface area (Å²) >= 11 is 1.49. The van der Waals surface area contributed by atoms with Crippen molar-refractivity contribution in [2.75, 3.05) is 11.1 Å². The molecular weight excluding hydrogens is 264 g/mol.